The van der Waals surface area contributed by atoms with Crippen molar-refractivity contribution >= 4 is 34.0 Å². The fourth-order valence-corrected chi connectivity index (χ4v) is 3.49. The molecule has 158 valence electrons. The topological polar surface area (TPSA) is 131 Å². The SMILES string of the molecule is C[C@H](OC(=O)CNS(=O)(=O)/C=C/c1ccccc1)C(=O)NC(=O)NC1CCCC1. The molecule has 3 amide bonds. The maximum atomic E-state index is 11.9. The minimum Gasteiger partial charge on any atom is -0.452 e. The standard InChI is InChI=1S/C19H25N3O6S/c1-14(18(24)22-19(25)21-16-9-5-6-10-16)28-17(23)13-20-29(26,27)12-11-15-7-3-2-4-8-15/h2-4,7-8,11-12,14,16,20H,5-6,9-10,13H2,1H3,(H2,21,22,24,25)/b12-11+/t14-/m0/s1. The summed E-state index contributed by atoms with van der Waals surface area (Å²) in [6.07, 6.45) is 3.93. The van der Waals surface area contributed by atoms with E-state index in [1.54, 1.807) is 30.3 Å². The fraction of sp³-hybridized carbons (Fsp3) is 0.421. The first kappa shape index (κ1) is 22.6. The van der Waals surface area contributed by atoms with Gasteiger partial charge in [-0.3, -0.25) is 14.9 Å². The van der Waals surface area contributed by atoms with Crippen LogP contribution in [0, 0.1) is 0 Å². The molecule has 2 rings (SSSR count). The third kappa shape index (κ3) is 8.44. The molecule has 0 aliphatic heterocycles. The Bertz CT molecular complexity index is 848. The molecule has 3 N–H and O–H groups in total. The molecule has 1 aliphatic carbocycles. The van der Waals surface area contributed by atoms with Gasteiger partial charge in [0.15, 0.2) is 6.10 Å². The number of hydrogen-bond acceptors (Lipinski definition) is 6. The minimum absolute atomic E-state index is 0.0407. The number of benzene rings is 1. The lowest BCUT2D eigenvalue weighted by Gasteiger charge is -2.15. The van der Waals surface area contributed by atoms with E-state index in [4.69, 9.17) is 4.74 Å². The molecule has 0 aromatic heterocycles. The van der Waals surface area contributed by atoms with Crippen LogP contribution in [0.5, 0.6) is 0 Å². The summed E-state index contributed by atoms with van der Waals surface area (Å²) in [5.74, 6) is -1.73. The highest BCUT2D eigenvalue weighted by Gasteiger charge is 2.23. The second-order valence-corrected chi connectivity index (χ2v) is 8.31. The van der Waals surface area contributed by atoms with Gasteiger partial charge in [-0.25, -0.2) is 17.9 Å². The molecule has 9 nitrogen and oxygen atoms in total. The lowest BCUT2D eigenvalue weighted by molar-refractivity contribution is -0.153. The number of imide groups is 1. The Balaban J connectivity index is 1.73. The second kappa shape index (κ2) is 10.7. The van der Waals surface area contributed by atoms with Gasteiger partial charge in [-0.15, -0.1) is 0 Å². The van der Waals surface area contributed by atoms with Gasteiger partial charge < -0.3 is 10.1 Å². The number of esters is 1. The first-order valence-corrected chi connectivity index (χ1v) is 10.8. The predicted octanol–water partition coefficient (Wildman–Crippen LogP) is 1.28. The van der Waals surface area contributed by atoms with Crippen LogP contribution in [-0.2, 0) is 24.3 Å². The predicted molar refractivity (Wildman–Crippen MR) is 107 cm³/mol. The van der Waals surface area contributed by atoms with Crippen LogP contribution >= 0.6 is 0 Å². The molecule has 0 spiro atoms. The average Bonchev–Trinajstić information content (AvgIpc) is 3.18. The van der Waals surface area contributed by atoms with Gasteiger partial charge in [0.05, 0.1) is 0 Å². The molecular formula is C19H25N3O6S. The number of sulfonamides is 1. The lowest BCUT2D eigenvalue weighted by Crippen LogP contribution is -2.47. The quantitative estimate of drug-likeness (QED) is 0.540. The molecule has 0 unspecified atom stereocenters. The van der Waals surface area contributed by atoms with Crippen LogP contribution in [0.3, 0.4) is 0 Å². The Morgan fingerprint density at radius 2 is 1.83 bits per heavy atom. The van der Waals surface area contributed by atoms with Crippen LogP contribution in [0.4, 0.5) is 4.79 Å². The number of ether oxygens (including phenoxy) is 1. The number of rotatable bonds is 8. The summed E-state index contributed by atoms with van der Waals surface area (Å²) in [6.45, 7) is 0.646. The molecule has 0 radical (unpaired) electrons. The van der Waals surface area contributed by atoms with Crippen molar-refractivity contribution in [2.24, 2.45) is 0 Å². The molecule has 0 heterocycles. The summed E-state index contributed by atoms with van der Waals surface area (Å²) < 4.78 is 30.7. The number of urea groups is 1. The zero-order valence-electron chi connectivity index (χ0n) is 16.1. The van der Waals surface area contributed by atoms with Crippen molar-refractivity contribution in [1.82, 2.24) is 15.4 Å². The third-order valence-corrected chi connectivity index (χ3v) is 5.30. The van der Waals surface area contributed by atoms with Gasteiger partial charge in [0.1, 0.15) is 6.54 Å². The van der Waals surface area contributed by atoms with Gasteiger partial charge in [-0.1, -0.05) is 43.2 Å². The Labute approximate surface area is 169 Å². The molecule has 1 aromatic rings. The minimum atomic E-state index is -3.86. The van der Waals surface area contributed by atoms with Crippen molar-refractivity contribution in [3.63, 3.8) is 0 Å². The van der Waals surface area contributed by atoms with E-state index >= 15 is 0 Å². The zero-order valence-corrected chi connectivity index (χ0v) is 16.9. The molecule has 0 bridgehead atoms. The molecule has 1 saturated carbocycles. The second-order valence-electron chi connectivity index (χ2n) is 6.66. The smallest absolute Gasteiger partial charge is 0.321 e. The maximum Gasteiger partial charge on any atom is 0.321 e. The first-order chi connectivity index (χ1) is 13.7. The van der Waals surface area contributed by atoms with Crippen molar-refractivity contribution in [2.75, 3.05) is 6.54 Å². The normalized spacial score (nSPS) is 15.8. The van der Waals surface area contributed by atoms with E-state index < -0.39 is 40.6 Å². The molecule has 29 heavy (non-hydrogen) atoms. The maximum absolute atomic E-state index is 11.9. The van der Waals surface area contributed by atoms with Crippen LogP contribution in [0.25, 0.3) is 6.08 Å². The monoisotopic (exact) mass is 423 g/mol. The Morgan fingerprint density at radius 1 is 1.17 bits per heavy atom. The third-order valence-electron chi connectivity index (χ3n) is 4.26. The van der Waals surface area contributed by atoms with Crippen molar-refractivity contribution in [2.45, 2.75) is 44.8 Å². The number of amides is 3. The largest absolute Gasteiger partial charge is 0.452 e. The fourth-order valence-electron chi connectivity index (χ4n) is 2.74. The number of carbonyl (C=O) groups excluding carboxylic acids is 3. The Morgan fingerprint density at radius 3 is 2.48 bits per heavy atom. The molecule has 1 aromatic carbocycles. The van der Waals surface area contributed by atoms with Crippen molar-refractivity contribution in [3.05, 3.63) is 41.3 Å². The van der Waals surface area contributed by atoms with Crippen molar-refractivity contribution < 1.29 is 27.5 Å². The molecule has 1 aliphatic rings. The van der Waals surface area contributed by atoms with E-state index in [1.807, 2.05) is 0 Å². The molecular weight excluding hydrogens is 398 g/mol. The van der Waals surface area contributed by atoms with Crippen LogP contribution < -0.4 is 15.4 Å². The van der Waals surface area contributed by atoms with E-state index in [1.165, 1.54) is 13.0 Å². The van der Waals surface area contributed by atoms with Gasteiger partial charge in [0.2, 0.25) is 10.0 Å². The van der Waals surface area contributed by atoms with E-state index in [-0.39, 0.29) is 6.04 Å². The summed E-state index contributed by atoms with van der Waals surface area (Å²) in [4.78, 5) is 35.5. The highest BCUT2D eigenvalue weighted by molar-refractivity contribution is 7.92. The van der Waals surface area contributed by atoms with Gasteiger partial charge in [-0.05, 0) is 31.4 Å². The van der Waals surface area contributed by atoms with E-state index in [0.717, 1.165) is 31.1 Å². The summed E-state index contributed by atoms with van der Waals surface area (Å²) in [5.41, 5.74) is 0.682. The van der Waals surface area contributed by atoms with Crippen molar-refractivity contribution in [3.8, 4) is 0 Å². The molecule has 1 fully saturated rings. The first-order valence-electron chi connectivity index (χ1n) is 9.29. The highest BCUT2D eigenvalue weighted by Crippen LogP contribution is 2.17. The highest BCUT2D eigenvalue weighted by atomic mass is 32.2. The number of carbonyl (C=O) groups is 3. The zero-order chi connectivity index (χ0) is 21.3. The number of hydrogen-bond donors (Lipinski definition) is 3. The average molecular weight is 423 g/mol. The van der Waals surface area contributed by atoms with Crippen LogP contribution in [0.1, 0.15) is 38.2 Å². The Hall–Kier alpha value is -2.72. The summed E-state index contributed by atoms with van der Waals surface area (Å²) in [5, 5.41) is 5.72. The van der Waals surface area contributed by atoms with E-state index in [0.29, 0.717) is 5.56 Å². The summed E-state index contributed by atoms with van der Waals surface area (Å²) in [7, 11) is -3.86. The molecule has 0 saturated heterocycles. The van der Waals surface area contributed by atoms with Gasteiger partial charge in [0.25, 0.3) is 5.91 Å². The number of nitrogens with one attached hydrogen (secondary N) is 3. The lowest BCUT2D eigenvalue weighted by atomic mass is 10.2. The van der Waals surface area contributed by atoms with E-state index in [2.05, 4.69) is 15.4 Å². The van der Waals surface area contributed by atoms with Crippen molar-refractivity contribution in [1.29, 1.82) is 0 Å². The van der Waals surface area contributed by atoms with Gasteiger partial charge >= 0.3 is 12.0 Å². The van der Waals surface area contributed by atoms with Gasteiger partial charge in [-0.2, -0.15) is 0 Å². The Kier molecular flexibility index (Phi) is 8.34. The summed E-state index contributed by atoms with van der Waals surface area (Å²) >= 11 is 0. The van der Waals surface area contributed by atoms with Gasteiger partial charge in [0, 0.05) is 11.4 Å². The van der Waals surface area contributed by atoms with Crippen LogP contribution in [0.15, 0.2) is 35.7 Å². The van der Waals surface area contributed by atoms with Crippen LogP contribution in [0.2, 0.25) is 0 Å². The summed E-state index contributed by atoms with van der Waals surface area (Å²) in [6, 6.07) is 8.17. The van der Waals surface area contributed by atoms with Crippen LogP contribution in [-0.4, -0.2) is 45.0 Å². The molecule has 1 atom stereocenters. The molecule has 10 heteroatoms. The van der Waals surface area contributed by atoms with E-state index in [9.17, 15) is 22.8 Å².